The molecule has 1 rings (SSSR count). The fraction of sp³-hybridized carbons (Fsp3) is 0.286. The Morgan fingerprint density at radius 3 is 3.20 bits per heavy atom. The lowest BCUT2D eigenvalue weighted by Crippen LogP contribution is -1.95. The average Bonchev–Trinajstić information content (AvgIpc) is 2.31. The molecule has 10 heavy (non-hydrogen) atoms. The molecule has 1 N–H and O–H groups in total. The van der Waals surface area contributed by atoms with Crippen molar-refractivity contribution in [3.05, 3.63) is 25.0 Å². The summed E-state index contributed by atoms with van der Waals surface area (Å²) in [6.45, 7) is 4.38. The Bertz CT molecular complexity index is 214. The van der Waals surface area contributed by atoms with Gasteiger partial charge in [0.25, 0.3) is 0 Å². The third kappa shape index (κ3) is 1.62. The number of nitrogens with one attached hydrogen (secondary N) is 1. The zero-order chi connectivity index (χ0) is 7.40. The summed E-state index contributed by atoms with van der Waals surface area (Å²) in [6.07, 6.45) is 5.51. The number of hydrogen-bond acceptors (Lipinski definition) is 2. The molecule has 0 spiro atoms. The van der Waals surface area contributed by atoms with Crippen LogP contribution in [0.25, 0.3) is 0 Å². The zero-order valence-electron chi connectivity index (χ0n) is 6.04. The first-order chi connectivity index (χ1) is 4.83. The summed E-state index contributed by atoms with van der Waals surface area (Å²) in [4.78, 5) is 0. The Kier molecular flexibility index (Phi) is 2.10. The summed E-state index contributed by atoms with van der Waals surface area (Å²) >= 11 is 0. The van der Waals surface area contributed by atoms with E-state index in [1.165, 1.54) is 0 Å². The molecule has 0 saturated carbocycles. The summed E-state index contributed by atoms with van der Waals surface area (Å²) in [5.74, 6) is 0. The SMILES string of the molecule is C=CCNc1cnn(C)c1. The van der Waals surface area contributed by atoms with Gasteiger partial charge in [0.05, 0.1) is 11.9 Å². The molecule has 0 unspecified atom stereocenters. The maximum absolute atomic E-state index is 3.99. The van der Waals surface area contributed by atoms with Crippen molar-refractivity contribution in [2.24, 2.45) is 7.05 Å². The Labute approximate surface area is 60.4 Å². The van der Waals surface area contributed by atoms with Crippen LogP contribution in [0.4, 0.5) is 5.69 Å². The quantitative estimate of drug-likeness (QED) is 0.630. The molecule has 0 radical (unpaired) electrons. The van der Waals surface area contributed by atoms with Crippen LogP contribution in [0, 0.1) is 0 Å². The van der Waals surface area contributed by atoms with Gasteiger partial charge in [0.1, 0.15) is 0 Å². The van der Waals surface area contributed by atoms with Crippen LogP contribution in [-0.4, -0.2) is 16.3 Å². The van der Waals surface area contributed by atoms with Gasteiger partial charge >= 0.3 is 0 Å². The number of hydrogen-bond donors (Lipinski definition) is 1. The molecule has 0 aromatic carbocycles. The van der Waals surface area contributed by atoms with Crippen LogP contribution in [-0.2, 0) is 7.05 Å². The predicted molar refractivity (Wildman–Crippen MR) is 41.9 cm³/mol. The molecule has 0 aliphatic rings. The van der Waals surface area contributed by atoms with Gasteiger partial charge in [0.2, 0.25) is 0 Å². The molecule has 1 aromatic rings. The molecule has 3 heteroatoms. The van der Waals surface area contributed by atoms with Crippen molar-refractivity contribution >= 4 is 5.69 Å². The van der Waals surface area contributed by atoms with Crippen LogP contribution in [0.2, 0.25) is 0 Å². The molecule has 0 fully saturated rings. The van der Waals surface area contributed by atoms with Crippen molar-refractivity contribution in [2.45, 2.75) is 0 Å². The second kappa shape index (κ2) is 3.06. The molecule has 1 aromatic heterocycles. The van der Waals surface area contributed by atoms with Gasteiger partial charge in [-0.2, -0.15) is 5.10 Å². The van der Waals surface area contributed by atoms with Crippen LogP contribution in [0.1, 0.15) is 0 Å². The topological polar surface area (TPSA) is 29.9 Å². The maximum Gasteiger partial charge on any atom is 0.0728 e. The van der Waals surface area contributed by atoms with Gasteiger partial charge in [-0.05, 0) is 0 Å². The van der Waals surface area contributed by atoms with E-state index in [4.69, 9.17) is 0 Å². The lowest BCUT2D eigenvalue weighted by atomic mass is 10.5. The first-order valence-corrected chi connectivity index (χ1v) is 3.16. The van der Waals surface area contributed by atoms with Gasteiger partial charge in [-0.15, -0.1) is 6.58 Å². The number of nitrogens with zero attached hydrogens (tertiary/aromatic N) is 2. The van der Waals surface area contributed by atoms with Crippen molar-refractivity contribution in [1.29, 1.82) is 0 Å². The van der Waals surface area contributed by atoms with E-state index in [0.29, 0.717) is 0 Å². The first-order valence-electron chi connectivity index (χ1n) is 3.16. The Morgan fingerprint density at radius 2 is 2.70 bits per heavy atom. The summed E-state index contributed by atoms with van der Waals surface area (Å²) in [6, 6.07) is 0. The minimum absolute atomic E-state index is 0.783. The monoisotopic (exact) mass is 137 g/mol. The highest BCUT2D eigenvalue weighted by Gasteiger charge is 1.89. The third-order valence-electron chi connectivity index (χ3n) is 1.16. The highest BCUT2D eigenvalue weighted by molar-refractivity contribution is 5.38. The molecule has 0 atom stereocenters. The van der Waals surface area contributed by atoms with Crippen LogP contribution in [0.5, 0.6) is 0 Å². The van der Waals surface area contributed by atoms with Gasteiger partial charge in [-0.1, -0.05) is 6.08 Å². The Balaban J connectivity index is 2.49. The summed E-state index contributed by atoms with van der Waals surface area (Å²) in [7, 11) is 1.89. The van der Waals surface area contributed by atoms with Gasteiger partial charge in [0, 0.05) is 19.8 Å². The fourth-order valence-electron chi connectivity index (χ4n) is 0.703. The largest absolute Gasteiger partial charge is 0.379 e. The van der Waals surface area contributed by atoms with Crippen LogP contribution in [0.3, 0.4) is 0 Å². The van der Waals surface area contributed by atoms with E-state index in [1.807, 2.05) is 19.3 Å². The predicted octanol–water partition coefficient (Wildman–Crippen LogP) is 1.02. The number of aryl methyl sites for hydroxylation is 1. The average molecular weight is 137 g/mol. The fourth-order valence-corrected chi connectivity index (χ4v) is 0.703. The van der Waals surface area contributed by atoms with E-state index in [2.05, 4.69) is 17.0 Å². The molecule has 0 amide bonds. The number of aromatic nitrogens is 2. The normalized spacial score (nSPS) is 9.30. The summed E-state index contributed by atoms with van der Waals surface area (Å²) in [5.41, 5.74) is 1.03. The molecule has 0 saturated heterocycles. The molecule has 0 bridgehead atoms. The van der Waals surface area contributed by atoms with Crippen molar-refractivity contribution in [2.75, 3.05) is 11.9 Å². The maximum atomic E-state index is 3.99. The van der Waals surface area contributed by atoms with Crippen molar-refractivity contribution in [1.82, 2.24) is 9.78 Å². The van der Waals surface area contributed by atoms with E-state index in [0.717, 1.165) is 12.2 Å². The highest BCUT2D eigenvalue weighted by atomic mass is 15.3. The lowest BCUT2D eigenvalue weighted by Gasteiger charge is -1.94. The molecular weight excluding hydrogens is 126 g/mol. The standard InChI is InChI=1S/C7H11N3/c1-3-4-8-7-5-9-10(2)6-7/h3,5-6,8H,1,4H2,2H3. The van der Waals surface area contributed by atoms with Crippen molar-refractivity contribution in [3.8, 4) is 0 Å². The van der Waals surface area contributed by atoms with Crippen LogP contribution >= 0.6 is 0 Å². The molecule has 0 aliphatic heterocycles. The molecule has 3 nitrogen and oxygen atoms in total. The zero-order valence-corrected chi connectivity index (χ0v) is 6.04. The first kappa shape index (κ1) is 6.86. The smallest absolute Gasteiger partial charge is 0.0728 e. The van der Waals surface area contributed by atoms with E-state index < -0.39 is 0 Å². The van der Waals surface area contributed by atoms with E-state index in [-0.39, 0.29) is 0 Å². The van der Waals surface area contributed by atoms with E-state index in [1.54, 1.807) is 10.9 Å². The second-order valence-electron chi connectivity index (χ2n) is 2.07. The lowest BCUT2D eigenvalue weighted by molar-refractivity contribution is 0.768. The minimum atomic E-state index is 0.783. The Morgan fingerprint density at radius 1 is 1.90 bits per heavy atom. The molecule has 0 aliphatic carbocycles. The highest BCUT2D eigenvalue weighted by Crippen LogP contribution is 2.01. The van der Waals surface area contributed by atoms with Crippen LogP contribution < -0.4 is 5.32 Å². The summed E-state index contributed by atoms with van der Waals surface area (Å²) in [5, 5.41) is 7.10. The number of anilines is 1. The molecular formula is C7H11N3. The number of rotatable bonds is 3. The van der Waals surface area contributed by atoms with Crippen molar-refractivity contribution < 1.29 is 0 Å². The van der Waals surface area contributed by atoms with Gasteiger partial charge in [0.15, 0.2) is 0 Å². The minimum Gasteiger partial charge on any atom is -0.379 e. The Hall–Kier alpha value is -1.25. The van der Waals surface area contributed by atoms with E-state index in [9.17, 15) is 0 Å². The van der Waals surface area contributed by atoms with Gasteiger partial charge < -0.3 is 5.32 Å². The second-order valence-corrected chi connectivity index (χ2v) is 2.07. The summed E-state index contributed by atoms with van der Waals surface area (Å²) < 4.78 is 1.76. The van der Waals surface area contributed by atoms with Gasteiger partial charge in [-0.25, -0.2) is 0 Å². The van der Waals surface area contributed by atoms with Crippen LogP contribution in [0.15, 0.2) is 25.0 Å². The molecule has 54 valence electrons. The van der Waals surface area contributed by atoms with Gasteiger partial charge in [-0.3, -0.25) is 4.68 Å². The third-order valence-corrected chi connectivity index (χ3v) is 1.16. The van der Waals surface area contributed by atoms with Crippen molar-refractivity contribution in [3.63, 3.8) is 0 Å². The molecule has 1 heterocycles. The van der Waals surface area contributed by atoms with E-state index >= 15 is 0 Å².